The topological polar surface area (TPSA) is 46.3 Å². The highest BCUT2D eigenvalue weighted by molar-refractivity contribution is 5.96. The Morgan fingerprint density at radius 2 is 2.18 bits per heavy atom. The lowest BCUT2D eigenvalue weighted by Gasteiger charge is -2.31. The summed E-state index contributed by atoms with van der Waals surface area (Å²) in [5.74, 6) is 2.22. The summed E-state index contributed by atoms with van der Waals surface area (Å²) in [6.07, 6.45) is 4.60. The lowest BCUT2D eigenvalue weighted by Crippen LogP contribution is -2.38. The Labute approximate surface area is 131 Å². The van der Waals surface area contributed by atoms with Crippen molar-refractivity contribution in [1.29, 1.82) is 0 Å². The van der Waals surface area contributed by atoms with Gasteiger partial charge in [-0.2, -0.15) is 0 Å². The average molecular weight is 298 g/mol. The lowest BCUT2D eigenvalue weighted by molar-refractivity contribution is 0.0797. The summed E-state index contributed by atoms with van der Waals surface area (Å²) in [7, 11) is 0. The van der Waals surface area contributed by atoms with E-state index in [4.69, 9.17) is 4.42 Å². The number of piperidine rings is 1. The van der Waals surface area contributed by atoms with Crippen LogP contribution in [0.5, 0.6) is 0 Å². The van der Waals surface area contributed by atoms with E-state index in [1.54, 1.807) is 12.3 Å². The molecule has 116 valence electrons. The molecule has 3 rings (SSSR count). The predicted octanol–water partition coefficient (Wildman–Crippen LogP) is 3.33. The summed E-state index contributed by atoms with van der Waals surface area (Å²) in [6, 6.07) is 9.60. The van der Waals surface area contributed by atoms with Gasteiger partial charge in [0.05, 0.1) is 6.54 Å². The molecule has 0 amide bonds. The number of ketones is 1. The molecule has 4 heteroatoms. The molecule has 0 aromatic carbocycles. The summed E-state index contributed by atoms with van der Waals surface area (Å²) >= 11 is 0. The second-order valence-corrected chi connectivity index (χ2v) is 5.88. The highest BCUT2D eigenvalue weighted by Crippen LogP contribution is 2.22. The number of furan rings is 1. The SMILES string of the molecule is CCc1ccc(CN2CCC[C@H](C(=O)c3ccccn3)C2)o1. The summed E-state index contributed by atoms with van der Waals surface area (Å²) in [5.41, 5.74) is 0.584. The zero-order valence-corrected chi connectivity index (χ0v) is 13.0. The number of carbonyl (C=O) groups is 1. The molecule has 22 heavy (non-hydrogen) atoms. The van der Waals surface area contributed by atoms with Crippen molar-refractivity contribution in [1.82, 2.24) is 9.88 Å². The van der Waals surface area contributed by atoms with Gasteiger partial charge in [-0.1, -0.05) is 13.0 Å². The van der Waals surface area contributed by atoms with Crippen molar-refractivity contribution < 1.29 is 9.21 Å². The first-order valence-corrected chi connectivity index (χ1v) is 8.01. The Morgan fingerprint density at radius 1 is 1.32 bits per heavy atom. The van der Waals surface area contributed by atoms with Gasteiger partial charge >= 0.3 is 0 Å². The highest BCUT2D eigenvalue weighted by atomic mass is 16.3. The molecule has 0 spiro atoms. The monoisotopic (exact) mass is 298 g/mol. The smallest absolute Gasteiger partial charge is 0.185 e. The highest BCUT2D eigenvalue weighted by Gasteiger charge is 2.27. The Hall–Kier alpha value is -1.94. The van der Waals surface area contributed by atoms with Gasteiger partial charge in [0.1, 0.15) is 17.2 Å². The van der Waals surface area contributed by atoms with Gasteiger partial charge < -0.3 is 4.42 Å². The predicted molar refractivity (Wildman–Crippen MR) is 84.7 cm³/mol. The van der Waals surface area contributed by atoms with E-state index in [2.05, 4.69) is 16.8 Å². The minimum Gasteiger partial charge on any atom is -0.465 e. The van der Waals surface area contributed by atoms with Gasteiger partial charge in [-0.05, 0) is 43.7 Å². The first kappa shape index (κ1) is 15.0. The van der Waals surface area contributed by atoms with Gasteiger partial charge in [0.2, 0.25) is 0 Å². The van der Waals surface area contributed by atoms with Crippen molar-refractivity contribution in [3.05, 3.63) is 53.7 Å². The van der Waals surface area contributed by atoms with Crippen molar-refractivity contribution in [3.63, 3.8) is 0 Å². The number of hydrogen-bond donors (Lipinski definition) is 0. The fourth-order valence-corrected chi connectivity index (χ4v) is 3.05. The maximum atomic E-state index is 12.5. The second-order valence-electron chi connectivity index (χ2n) is 5.88. The van der Waals surface area contributed by atoms with E-state index in [9.17, 15) is 4.79 Å². The largest absolute Gasteiger partial charge is 0.465 e. The molecule has 0 saturated carbocycles. The van der Waals surface area contributed by atoms with E-state index in [0.29, 0.717) is 5.69 Å². The molecule has 3 heterocycles. The molecule has 0 radical (unpaired) electrons. The molecule has 0 aliphatic carbocycles. The third kappa shape index (κ3) is 3.45. The van der Waals surface area contributed by atoms with Crippen LogP contribution in [0.4, 0.5) is 0 Å². The number of aromatic nitrogens is 1. The van der Waals surface area contributed by atoms with E-state index in [-0.39, 0.29) is 11.7 Å². The molecule has 2 aromatic heterocycles. The van der Waals surface area contributed by atoms with E-state index >= 15 is 0 Å². The third-order valence-electron chi connectivity index (χ3n) is 4.24. The number of rotatable bonds is 5. The molecule has 1 aliphatic rings. The van der Waals surface area contributed by atoms with Crippen LogP contribution in [-0.4, -0.2) is 28.8 Å². The van der Waals surface area contributed by atoms with E-state index in [1.807, 2.05) is 24.3 Å². The first-order valence-electron chi connectivity index (χ1n) is 8.01. The summed E-state index contributed by atoms with van der Waals surface area (Å²) in [6.45, 7) is 4.68. The Bertz CT molecular complexity index is 621. The molecule has 2 aromatic rings. The quantitative estimate of drug-likeness (QED) is 0.794. The molecule has 1 fully saturated rings. The van der Waals surface area contributed by atoms with Gasteiger partial charge in [-0.3, -0.25) is 14.7 Å². The fraction of sp³-hybridized carbons (Fsp3) is 0.444. The molecule has 4 nitrogen and oxygen atoms in total. The van der Waals surface area contributed by atoms with Crippen molar-refractivity contribution in [2.45, 2.75) is 32.7 Å². The molecular formula is C18H22N2O2. The Morgan fingerprint density at radius 3 is 2.91 bits per heavy atom. The average Bonchev–Trinajstić information content (AvgIpc) is 3.03. The maximum absolute atomic E-state index is 12.5. The number of aryl methyl sites for hydroxylation is 1. The molecular weight excluding hydrogens is 276 g/mol. The number of nitrogens with zero attached hydrogens (tertiary/aromatic N) is 2. The molecule has 0 unspecified atom stereocenters. The van der Waals surface area contributed by atoms with Crippen LogP contribution in [-0.2, 0) is 13.0 Å². The second kappa shape index (κ2) is 6.88. The number of pyridine rings is 1. The normalized spacial score (nSPS) is 19.2. The standard InChI is InChI=1S/C18H22N2O2/c1-2-15-8-9-16(22-15)13-20-11-5-6-14(12-20)18(21)17-7-3-4-10-19-17/h3-4,7-10,14H,2,5-6,11-13H2,1H3/t14-/m0/s1. The number of carbonyl (C=O) groups excluding carboxylic acids is 1. The zero-order valence-electron chi connectivity index (χ0n) is 13.0. The number of likely N-dealkylation sites (tertiary alicyclic amines) is 1. The van der Waals surface area contributed by atoms with E-state index in [0.717, 1.165) is 50.4 Å². The summed E-state index contributed by atoms with van der Waals surface area (Å²) in [5, 5.41) is 0. The van der Waals surface area contributed by atoms with E-state index < -0.39 is 0 Å². The maximum Gasteiger partial charge on any atom is 0.185 e. The van der Waals surface area contributed by atoms with Crippen molar-refractivity contribution in [2.75, 3.05) is 13.1 Å². The third-order valence-corrected chi connectivity index (χ3v) is 4.24. The molecule has 0 N–H and O–H groups in total. The lowest BCUT2D eigenvalue weighted by atomic mass is 9.92. The fourth-order valence-electron chi connectivity index (χ4n) is 3.05. The minimum absolute atomic E-state index is 0.0456. The van der Waals surface area contributed by atoms with Gasteiger partial charge in [0.25, 0.3) is 0 Å². The van der Waals surface area contributed by atoms with Crippen LogP contribution >= 0.6 is 0 Å². The minimum atomic E-state index is 0.0456. The summed E-state index contributed by atoms with van der Waals surface area (Å²) in [4.78, 5) is 19.0. The van der Waals surface area contributed by atoms with Crippen LogP contribution in [0.15, 0.2) is 40.9 Å². The number of Topliss-reactive ketones (excluding diaryl/α,β-unsaturated/α-hetero) is 1. The van der Waals surface area contributed by atoms with Crippen molar-refractivity contribution in [3.8, 4) is 0 Å². The molecule has 1 saturated heterocycles. The molecule has 0 bridgehead atoms. The Kier molecular flexibility index (Phi) is 4.68. The van der Waals surface area contributed by atoms with Crippen LogP contribution in [0.3, 0.4) is 0 Å². The number of hydrogen-bond acceptors (Lipinski definition) is 4. The van der Waals surface area contributed by atoms with E-state index in [1.165, 1.54) is 0 Å². The van der Waals surface area contributed by atoms with Crippen molar-refractivity contribution in [2.24, 2.45) is 5.92 Å². The van der Waals surface area contributed by atoms with Gasteiger partial charge in [0, 0.05) is 25.1 Å². The van der Waals surface area contributed by atoms with Crippen LogP contribution in [0.25, 0.3) is 0 Å². The van der Waals surface area contributed by atoms with Crippen LogP contribution in [0, 0.1) is 5.92 Å². The van der Waals surface area contributed by atoms with Crippen LogP contribution < -0.4 is 0 Å². The van der Waals surface area contributed by atoms with Gasteiger partial charge in [0.15, 0.2) is 5.78 Å². The van der Waals surface area contributed by atoms with Crippen molar-refractivity contribution >= 4 is 5.78 Å². The van der Waals surface area contributed by atoms with Crippen LogP contribution in [0.1, 0.15) is 41.8 Å². The Balaban J connectivity index is 1.63. The zero-order chi connectivity index (χ0) is 15.4. The van der Waals surface area contributed by atoms with Gasteiger partial charge in [-0.15, -0.1) is 0 Å². The molecule has 1 aliphatic heterocycles. The summed E-state index contributed by atoms with van der Waals surface area (Å²) < 4.78 is 5.78. The van der Waals surface area contributed by atoms with Crippen LogP contribution in [0.2, 0.25) is 0 Å². The molecule has 1 atom stereocenters. The first-order chi connectivity index (χ1) is 10.8. The van der Waals surface area contributed by atoms with Gasteiger partial charge in [-0.25, -0.2) is 0 Å².